The highest BCUT2D eigenvalue weighted by atomic mass is 35.5. The van der Waals surface area contributed by atoms with Gasteiger partial charge in [0.1, 0.15) is 5.82 Å². The molecular formula is C14H11ClF7NO2. The third kappa shape index (κ3) is 6.54. The first-order valence-corrected chi connectivity index (χ1v) is 6.97. The number of ether oxygens (including phenoxy) is 1. The van der Waals surface area contributed by atoms with Crippen LogP contribution < -0.4 is 5.73 Å². The van der Waals surface area contributed by atoms with Crippen LogP contribution in [0.5, 0.6) is 0 Å². The van der Waals surface area contributed by atoms with Crippen molar-refractivity contribution in [2.75, 3.05) is 0 Å². The number of carbonyl (C=O) groups is 1. The molecular weight excluding hydrogens is 383 g/mol. The molecule has 0 bridgehead atoms. The lowest BCUT2D eigenvalue weighted by atomic mass is 10.0. The van der Waals surface area contributed by atoms with E-state index in [2.05, 4.69) is 4.74 Å². The Hall–Kier alpha value is -1.81. The van der Waals surface area contributed by atoms with Gasteiger partial charge < -0.3 is 4.74 Å². The molecule has 0 fully saturated rings. The lowest BCUT2D eigenvalue weighted by molar-refractivity contribution is -0.203. The molecule has 25 heavy (non-hydrogen) atoms. The fourth-order valence-electron chi connectivity index (χ4n) is 1.76. The van der Waals surface area contributed by atoms with E-state index in [9.17, 15) is 35.5 Å². The van der Waals surface area contributed by atoms with Crippen molar-refractivity contribution in [3.8, 4) is 0 Å². The van der Waals surface area contributed by atoms with Crippen LogP contribution in [0.15, 0.2) is 29.3 Å². The molecule has 0 aliphatic heterocycles. The van der Waals surface area contributed by atoms with Crippen LogP contribution in [0.2, 0.25) is 0 Å². The molecule has 2 N–H and O–H groups in total. The minimum absolute atomic E-state index is 0.0855. The van der Waals surface area contributed by atoms with E-state index in [0.717, 1.165) is 11.6 Å². The van der Waals surface area contributed by atoms with Crippen molar-refractivity contribution in [2.24, 2.45) is 5.73 Å². The number of alkyl halides is 6. The Morgan fingerprint density at radius 3 is 2.28 bits per heavy atom. The second kappa shape index (κ2) is 8.05. The molecule has 0 saturated heterocycles. The zero-order valence-corrected chi connectivity index (χ0v) is 13.0. The maximum atomic E-state index is 13.3. The first-order valence-electron chi connectivity index (χ1n) is 6.53. The van der Waals surface area contributed by atoms with E-state index in [1.165, 1.54) is 0 Å². The molecule has 1 rings (SSSR count). The molecule has 1 aromatic carbocycles. The van der Waals surface area contributed by atoms with Crippen LogP contribution in [0.1, 0.15) is 17.5 Å². The van der Waals surface area contributed by atoms with Crippen LogP contribution in [-0.4, -0.2) is 18.4 Å². The first-order chi connectivity index (χ1) is 11.3. The number of aryl methyl sites for hydroxylation is 1. The smallest absolute Gasteiger partial charge is 0.436 e. The van der Waals surface area contributed by atoms with Gasteiger partial charge in [0.05, 0.1) is 5.56 Å². The minimum atomic E-state index is -5.26. The molecule has 0 aromatic heterocycles. The molecule has 1 atom stereocenters. The molecule has 0 radical (unpaired) electrons. The number of nitrogens with two attached hydrogens (primary N) is 1. The Morgan fingerprint density at radius 1 is 1.20 bits per heavy atom. The average molecular weight is 394 g/mol. The standard InChI is InChI=1S/C14H11ClF7NO2/c15-6-8(11(23)25-12(24)14(20,21)22)2-1-7-3-9(13(17,18)19)5-10(16)4-7/h3-6,11H,1-2,23H2/b8-6-. The Kier molecular flexibility index (Phi) is 6.83. The van der Waals surface area contributed by atoms with Crippen LogP contribution in [-0.2, 0) is 22.1 Å². The Balaban J connectivity index is 2.82. The number of halogens is 8. The Bertz CT molecular complexity index is 656. The van der Waals surface area contributed by atoms with Crippen LogP contribution in [0.25, 0.3) is 0 Å². The zero-order valence-electron chi connectivity index (χ0n) is 12.2. The van der Waals surface area contributed by atoms with Crippen molar-refractivity contribution in [2.45, 2.75) is 31.4 Å². The van der Waals surface area contributed by atoms with E-state index in [-0.39, 0.29) is 24.0 Å². The largest absolute Gasteiger partial charge is 0.490 e. The minimum Gasteiger partial charge on any atom is -0.436 e. The molecule has 140 valence electrons. The van der Waals surface area contributed by atoms with Gasteiger partial charge in [-0.25, -0.2) is 9.18 Å². The topological polar surface area (TPSA) is 52.3 Å². The van der Waals surface area contributed by atoms with Gasteiger partial charge in [0.2, 0.25) is 0 Å². The summed E-state index contributed by atoms with van der Waals surface area (Å²) < 4.78 is 91.4. The average Bonchev–Trinajstić information content (AvgIpc) is 2.45. The van der Waals surface area contributed by atoms with E-state index >= 15 is 0 Å². The summed E-state index contributed by atoms with van der Waals surface area (Å²) in [4.78, 5) is 10.7. The van der Waals surface area contributed by atoms with E-state index < -0.39 is 35.9 Å². The first kappa shape index (κ1) is 21.2. The van der Waals surface area contributed by atoms with E-state index in [0.29, 0.717) is 12.1 Å². The quantitative estimate of drug-likeness (QED) is 0.461. The van der Waals surface area contributed by atoms with Gasteiger partial charge in [-0.2, -0.15) is 26.3 Å². The predicted molar refractivity (Wildman–Crippen MR) is 73.8 cm³/mol. The van der Waals surface area contributed by atoms with E-state index in [1.807, 2.05) is 0 Å². The zero-order chi connectivity index (χ0) is 19.4. The predicted octanol–water partition coefficient (Wildman–Crippen LogP) is 4.29. The van der Waals surface area contributed by atoms with Crippen LogP contribution >= 0.6 is 11.6 Å². The monoisotopic (exact) mass is 393 g/mol. The molecule has 0 aliphatic rings. The van der Waals surface area contributed by atoms with Gasteiger partial charge in [-0.3, -0.25) is 5.73 Å². The number of hydrogen-bond donors (Lipinski definition) is 1. The summed E-state index contributed by atoms with van der Waals surface area (Å²) in [5, 5.41) is 0. The normalized spacial score (nSPS) is 14.4. The van der Waals surface area contributed by atoms with Gasteiger partial charge in [-0.1, -0.05) is 11.6 Å². The molecule has 0 aliphatic carbocycles. The van der Waals surface area contributed by atoms with Gasteiger partial charge in [0.15, 0.2) is 6.23 Å². The maximum Gasteiger partial charge on any atom is 0.490 e. The van der Waals surface area contributed by atoms with Crippen molar-refractivity contribution in [3.63, 3.8) is 0 Å². The molecule has 0 heterocycles. The van der Waals surface area contributed by atoms with Gasteiger partial charge in [-0.15, -0.1) is 0 Å². The molecule has 0 spiro atoms. The third-order valence-corrected chi connectivity index (χ3v) is 3.24. The van der Waals surface area contributed by atoms with Crippen LogP contribution in [0, 0.1) is 5.82 Å². The highest BCUT2D eigenvalue weighted by molar-refractivity contribution is 6.25. The van der Waals surface area contributed by atoms with Crippen molar-refractivity contribution in [1.82, 2.24) is 0 Å². The van der Waals surface area contributed by atoms with Crippen molar-refractivity contribution in [1.29, 1.82) is 0 Å². The lowest BCUT2D eigenvalue weighted by Gasteiger charge is -2.17. The maximum absolute atomic E-state index is 13.3. The van der Waals surface area contributed by atoms with Crippen molar-refractivity contribution >= 4 is 17.6 Å². The second-order valence-electron chi connectivity index (χ2n) is 4.85. The fourth-order valence-corrected chi connectivity index (χ4v) is 2.00. The molecule has 0 amide bonds. The summed E-state index contributed by atoms with van der Waals surface area (Å²) in [6.07, 6.45) is -12.4. The second-order valence-corrected chi connectivity index (χ2v) is 5.07. The Morgan fingerprint density at radius 2 is 1.80 bits per heavy atom. The SMILES string of the molecule is NC(OC(=O)C(F)(F)F)/C(=C\Cl)CCc1cc(F)cc(C(F)(F)F)c1. The molecule has 11 heteroatoms. The molecule has 1 aromatic rings. The number of esters is 1. The van der Waals surface area contributed by atoms with Crippen LogP contribution in [0.3, 0.4) is 0 Å². The summed E-state index contributed by atoms with van der Waals surface area (Å²) in [5.74, 6) is -3.67. The number of carbonyl (C=O) groups excluding carboxylic acids is 1. The van der Waals surface area contributed by atoms with E-state index in [1.54, 1.807) is 0 Å². The highest BCUT2D eigenvalue weighted by Crippen LogP contribution is 2.31. The molecule has 1 unspecified atom stereocenters. The summed E-state index contributed by atoms with van der Waals surface area (Å²) in [6.45, 7) is 0. The Labute approximate surface area is 142 Å². The molecule has 0 saturated carbocycles. The lowest BCUT2D eigenvalue weighted by Crippen LogP contribution is -2.35. The van der Waals surface area contributed by atoms with Gasteiger partial charge in [-0.05, 0) is 42.2 Å². The fraction of sp³-hybridized carbons (Fsp3) is 0.357. The van der Waals surface area contributed by atoms with E-state index in [4.69, 9.17) is 17.3 Å². The highest BCUT2D eigenvalue weighted by Gasteiger charge is 2.42. The van der Waals surface area contributed by atoms with Gasteiger partial charge >= 0.3 is 18.3 Å². The van der Waals surface area contributed by atoms with Crippen molar-refractivity contribution in [3.05, 3.63) is 46.3 Å². The number of hydrogen-bond acceptors (Lipinski definition) is 3. The summed E-state index contributed by atoms with van der Waals surface area (Å²) in [5.41, 5.74) is 4.53. The summed E-state index contributed by atoms with van der Waals surface area (Å²) in [7, 11) is 0. The van der Waals surface area contributed by atoms with Crippen molar-refractivity contribution < 1.29 is 40.3 Å². The van der Waals surface area contributed by atoms with Gasteiger partial charge in [0, 0.05) is 5.54 Å². The van der Waals surface area contributed by atoms with Gasteiger partial charge in [0.25, 0.3) is 0 Å². The number of benzene rings is 1. The molecule has 3 nitrogen and oxygen atoms in total. The third-order valence-electron chi connectivity index (χ3n) is 2.96. The summed E-state index contributed by atoms with van der Waals surface area (Å²) in [6, 6.07) is 1.81. The van der Waals surface area contributed by atoms with Crippen LogP contribution in [0.4, 0.5) is 30.7 Å². The number of rotatable bonds is 5. The summed E-state index contributed by atoms with van der Waals surface area (Å²) >= 11 is 5.39.